The lowest BCUT2D eigenvalue weighted by atomic mass is 9.98. The number of phosphoric acid groups is 1. The molecule has 0 radical (unpaired) electrons. The van der Waals surface area contributed by atoms with Crippen LogP contribution >= 0.6 is 7.82 Å². The first kappa shape index (κ1) is 17.3. The van der Waals surface area contributed by atoms with Crippen molar-refractivity contribution in [3.8, 4) is 0 Å². The van der Waals surface area contributed by atoms with Gasteiger partial charge in [-0.3, -0.25) is 4.52 Å². The number of nitrogens with zero attached hydrogens (tertiary/aromatic N) is 1. The summed E-state index contributed by atoms with van der Waals surface area (Å²) in [6, 6.07) is 7.70. The summed E-state index contributed by atoms with van der Waals surface area (Å²) in [5, 5.41) is 0. The average molecular weight is 302 g/mol. The van der Waals surface area contributed by atoms with Gasteiger partial charge >= 0.3 is 7.82 Å². The molecule has 0 spiro atoms. The maximum absolute atomic E-state index is 11.2. The lowest BCUT2D eigenvalue weighted by molar-refractivity contribution is -0.874. The van der Waals surface area contributed by atoms with Gasteiger partial charge < -0.3 is 14.3 Å². The van der Waals surface area contributed by atoms with Crippen molar-refractivity contribution in [1.82, 2.24) is 0 Å². The molecule has 1 rings (SSSR count). The number of aryl methyl sites for hydroxylation is 1. The summed E-state index contributed by atoms with van der Waals surface area (Å²) in [7, 11) is 1.39. The highest BCUT2D eigenvalue weighted by molar-refractivity contribution is 7.46. The number of hydrogen-bond donors (Lipinski definition) is 2. The molecule has 0 saturated carbocycles. The number of hydrogen-bond acceptors (Lipinski definition) is 2. The number of quaternary nitrogens is 1. The van der Waals surface area contributed by atoms with Gasteiger partial charge in [-0.1, -0.05) is 37.6 Å². The van der Waals surface area contributed by atoms with Crippen LogP contribution in [0.3, 0.4) is 0 Å². The lowest BCUT2D eigenvalue weighted by Gasteiger charge is -2.30. The van der Waals surface area contributed by atoms with Gasteiger partial charge in [0.15, 0.2) is 0 Å². The molecule has 20 heavy (non-hydrogen) atoms. The van der Waals surface area contributed by atoms with Gasteiger partial charge in [0, 0.05) is 0 Å². The number of likely N-dealkylation sites (N-methyl/N-ethyl adjacent to an activating group) is 1. The molecule has 5 nitrogen and oxygen atoms in total. The van der Waals surface area contributed by atoms with Gasteiger partial charge in [-0.15, -0.1) is 0 Å². The van der Waals surface area contributed by atoms with Gasteiger partial charge in [0.05, 0.1) is 21.1 Å². The first-order chi connectivity index (χ1) is 9.12. The van der Waals surface area contributed by atoms with Crippen LogP contribution in [0.15, 0.2) is 24.3 Å². The number of phosphoric ester groups is 1. The van der Waals surface area contributed by atoms with E-state index >= 15 is 0 Å². The Morgan fingerprint density at radius 2 is 1.85 bits per heavy atom. The Kier molecular flexibility index (Phi) is 5.92. The minimum atomic E-state index is -4.52. The van der Waals surface area contributed by atoms with Crippen molar-refractivity contribution < 1.29 is 23.4 Å². The molecular weight excluding hydrogens is 277 g/mol. The van der Waals surface area contributed by atoms with E-state index in [4.69, 9.17) is 14.3 Å². The van der Waals surface area contributed by atoms with E-state index < -0.39 is 13.9 Å². The molecule has 6 heteroatoms. The third-order valence-corrected chi connectivity index (χ3v) is 3.43. The van der Waals surface area contributed by atoms with Crippen molar-refractivity contribution in [3.05, 3.63) is 35.4 Å². The quantitative estimate of drug-likeness (QED) is 0.600. The first-order valence-corrected chi connectivity index (χ1v) is 8.27. The Morgan fingerprint density at radius 3 is 2.35 bits per heavy atom. The summed E-state index contributed by atoms with van der Waals surface area (Å²) < 4.78 is 16.8. The zero-order valence-electron chi connectivity index (χ0n) is 12.6. The summed E-state index contributed by atoms with van der Waals surface area (Å²) in [6.45, 7) is 2.57. The van der Waals surface area contributed by atoms with Gasteiger partial charge in [0.25, 0.3) is 0 Å². The molecule has 0 fully saturated rings. The monoisotopic (exact) mass is 302 g/mol. The zero-order valence-corrected chi connectivity index (χ0v) is 13.5. The Bertz CT molecular complexity index is 478. The SMILES string of the molecule is CCCc1ccccc1C(C[N+](C)(C)C)OP(=O)(O)O. The van der Waals surface area contributed by atoms with Crippen molar-refractivity contribution in [1.29, 1.82) is 0 Å². The van der Waals surface area contributed by atoms with Crippen LogP contribution in [-0.4, -0.2) is 42.0 Å². The minimum absolute atomic E-state index is 0.492. The van der Waals surface area contributed by atoms with Gasteiger partial charge in [-0.05, 0) is 17.5 Å². The van der Waals surface area contributed by atoms with Crippen molar-refractivity contribution >= 4 is 7.82 Å². The minimum Gasteiger partial charge on any atom is -0.328 e. The van der Waals surface area contributed by atoms with E-state index in [-0.39, 0.29) is 0 Å². The highest BCUT2D eigenvalue weighted by Crippen LogP contribution is 2.43. The molecule has 0 saturated heterocycles. The van der Waals surface area contributed by atoms with Gasteiger partial charge in [-0.25, -0.2) is 4.57 Å². The second kappa shape index (κ2) is 6.83. The Labute approximate surface area is 121 Å². The molecule has 0 aromatic heterocycles. The van der Waals surface area contributed by atoms with Crippen molar-refractivity contribution in [3.63, 3.8) is 0 Å². The van der Waals surface area contributed by atoms with Crippen LogP contribution < -0.4 is 0 Å². The summed E-state index contributed by atoms with van der Waals surface area (Å²) in [4.78, 5) is 18.3. The van der Waals surface area contributed by atoms with E-state index in [0.29, 0.717) is 11.0 Å². The fraction of sp³-hybridized carbons (Fsp3) is 0.571. The second-order valence-corrected chi connectivity index (χ2v) is 7.20. The Balaban J connectivity index is 3.12. The van der Waals surface area contributed by atoms with Crippen molar-refractivity contribution in [2.75, 3.05) is 27.7 Å². The Hall–Kier alpha value is -0.710. The molecule has 0 aliphatic heterocycles. The third kappa shape index (κ3) is 6.16. The van der Waals surface area contributed by atoms with Gasteiger partial charge in [0.2, 0.25) is 0 Å². The van der Waals surface area contributed by atoms with E-state index in [1.54, 1.807) is 0 Å². The fourth-order valence-corrected chi connectivity index (χ4v) is 2.71. The van der Waals surface area contributed by atoms with Crippen LogP contribution in [-0.2, 0) is 15.5 Å². The van der Waals surface area contributed by atoms with Crippen molar-refractivity contribution in [2.24, 2.45) is 0 Å². The average Bonchev–Trinajstić information content (AvgIpc) is 2.25. The largest absolute Gasteiger partial charge is 0.470 e. The molecule has 114 valence electrons. The normalized spacial score (nSPS) is 14.3. The number of benzene rings is 1. The van der Waals surface area contributed by atoms with E-state index in [2.05, 4.69) is 6.92 Å². The zero-order chi connectivity index (χ0) is 15.4. The van der Waals surface area contributed by atoms with Crippen LogP contribution in [0.2, 0.25) is 0 Å². The van der Waals surface area contributed by atoms with Crippen LogP contribution in [0, 0.1) is 0 Å². The predicted molar refractivity (Wildman–Crippen MR) is 79.2 cm³/mol. The molecule has 0 aliphatic rings. The molecular formula is C14H25NO4P+. The van der Waals surface area contributed by atoms with Crippen molar-refractivity contribution in [2.45, 2.75) is 25.9 Å². The molecule has 0 bridgehead atoms. The first-order valence-electron chi connectivity index (χ1n) is 6.74. The maximum Gasteiger partial charge on any atom is 0.470 e. The van der Waals surface area contributed by atoms with Crippen LogP contribution in [0.25, 0.3) is 0 Å². The standard InChI is InChI=1S/C14H24NO4P/c1-5-8-12-9-6-7-10-13(12)14(11-15(2,3)4)19-20(16,17)18/h6-7,9-10,14H,5,8,11H2,1-4H3,(H-,16,17,18)/p+1. The lowest BCUT2D eigenvalue weighted by Crippen LogP contribution is -2.39. The van der Waals surface area contributed by atoms with E-state index in [0.717, 1.165) is 24.0 Å². The van der Waals surface area contributed by atoms with Gasteiger partial charge in [-0.2, -0.15) is 0 Å². The van der Waals surface area contributed by atoms with E-state index in [1.165, 1.54) is 0 Å². The van der Waals surface area contributed by atoms with Crippen LogP contribution in [0.4, 0.5) is 0 Å². The molecule has 1 aromatic carbocycles. The van der Waals surface area contributed by atoms with E-state index in [9.17, 15) is 4.57 Å². The highest BCUT2D eigenvalue weighted by Gasteiger charge is 2.29. The van der Waals surface area contributed by atoms with Crippen LogP contribution in [0.1, 0.15) is 30.6 Å². The summed E-state index contributed by atoms with van der Waals surface area (Å²) in [5.74, 6) is 0. The molecule has 1 aromatic rings. The van der Waals surface area contributed by atoms with Crippen LogP contribution in [0.5, 0.6) is 0 Å². The smallest absolute Gasteiger partial charge is 0.328 e. The van der Waals surface area contributed by atoms with Gasteiger partial charge in [0.1, 0.15) is 12.6 Å². The Morgan fingerprint density at radius 1 is 1.25 bits per heavy atom. The maximum atomic E-state index is 11.2. The third-order valence-electron chi connectivity index (χ3n) is 2.90. The molecule has 1 unspecified atom stereocenters. The number of rotatable bonds is 7. The highest BCUT2D eigenvalue weighted by atomic mass is 31.2. The summed E-state index contributed by atoms with van der Waals surface area (Å²) in [5.41, 5.74) is 1.95. The molecule has 0 amide bonds. The summed E-state index contributed by atoms with van der Waals surface area (Å²) >= 11 is 0. The molecule has 0 aliphatic carbocycles. The second-order valence-electron chi connectivity index (χ2n) is 6.01. The predicted octanol–water partition coefficient (Wildman–Crippen LogP) is 2.50. The molecule has 1 atom stereocenters. The van der Waals surface area contributed by atoms with E-state index in [1.807, 2.05) is 45.4 Å². The molecule has 0 heterocycles. The fourth-order valence-electron chi connectivity index (χ4n) is 2.20. The topological polar surface area (TPSA) is 66.8 Å². The summed E-state index contributed by atoms with van der Waals surface area (Å²) in [6.07, 6.45) is 1.23. The molecule has 2 N–H and O–H groups in total.